The highest BCUT2D eigenvalue weighted by Crippen LogP contribution is 2.43. The van der Waals surface area contributed by atoms with Crippen LogP contribution in [-0.4, -0.2) is 32.6 Å². The van der Waals surface area contributed by atoms with Crippen LogP contribution in [0.1, 0.15) is 28.9 Å². The number of pyridine rings is 1. The average molecular weight is 540 g/mol. The van der Waals surface area contributed by atoms with Crippen LogP contribution < -0.4 is 10.2 Å². The first kappa shape index (κ1) is 24.8. The molecule has 3 aromatic carbocycles. The number of aromatic nitrogens is 3. The fraction of sp³-hybridized carbons (Fsp3) is 0.133. The average Bonchev–Trinajstić information content (AvgIpc) is 3.48. The molecule has 1 saturated heterocycles. The molecule has 6 rings (SSSR count). The van der Waals surface area contributed by atoms with E-state index in [9.17, 15) is 14.0 Å². The second-order valence-electron chi connectivity index (χ2n) is 9.48. The Balaban J connectivity index is 1.42. The molecule has 0 radical (unpaired) electrons. The Hall–Kier alpha value is -4.56. The molecule has 2 amide bonds. The van der Waals surface area contributed by atoms with E-state index < -0.39 is 18.0 Å². The Labute approximate surface area is 228 Å². The molecule has 1 aliphatic rings. The molecular formula is C30H23ClFN5O2. The lowest BCUT2D eigenvalue weighted by atomic mass is 9.94. The molecule has 7 nitrogen and oxygen atoms in total. The Morgan fingerprint density at radius 3 is 2.49 bits per heavy atom. The van der Waals surface area contributed by atoms with Gasteiger partial charge in [0.25, 0.3) is 5.91 Å². The van der Waals surface area contributed by atoms with Gasteiger partial charge < -0.3 is 10.2 Å². The summed E-state index contributed by atoms with van der Waals surface area (Å²) in [4.78, 5) is 32.7. The van der Waals surface area contributed by atoms with Crippen LogP contribution in [0.15, 0.2) is 97.5 Å². The van der Waals surface area contributed by atoms with E-state index in [4.69, 9.17) is 11.6 Å². The topological polar surface area (TPSA) is 80.1 Å². The fourth-order valence-electron chi connectivity index (χ4n) is 5.17. The highest BCUT2D eigenvalue weighted by atomic mass is 35.5. The van der Waals surface area contributed by atoms with Crippen LogP contribution >= 0.6 is 11.6 Å². The van der Waals surface area contributed by atoms with Gasteiger partial charge in [-0.3, -0.25) is 14.6 Å². The molecule has 0 saturated carbocycles. The number of rotatable bonds is 5. The van der Waals surface area contributed by atoms with E-state index in [-0.39, 0.29) is 17.6 Å². The summed E-state index contributed by atoms with van der Waals surface area (Å²) in [5.41, 5.74) is 3.32. The van der Waals surface area contributed by atoms with Crippen molar-refractivity contribution in [2.75, 3.05) is 4.90 Å². The second kappa shape index (κ2) is 9.96. The van der Waals surface area contributed by atoms with Gasteiger partial charge in [-0.2, -0.15) is 5.10 Å². The Kier molecular flexibility index (Phi) is 6.32. The zero-order chi connectivity index (χ0) is 27.1. The molecule has 3 unspecified atom stereocenters. The summed E-state index contributed by atoms with van der Waals surface area (Å²) in [6, 6.07) is 21.3. The van der Waals surface area contributed by atoms with Crippen molar-refractivity contribution in [1.29, 1.82) is 0 Å². The van der Waals surface area contributed by atoms with Gasteiger partial charge in [-0.15, -0.1) is 0 Å². The van der Waals surface area contributed by atoms with Crippen LogP contribution in [0.2, 0.25) is 5.02 Å². The summed E-state index contributed by atoms with van der Waals surface area (Å²) < 4.78 is 15.2. The van der Waals surface area contributed by atoms with E-state index in [1.807, 2.05) is 43.3 Å². The van der Waals surface area contributed by atoms with Gasteiger partial charge in [0.15, 0.2) is 0 Å². The predicted octanol–water partition coefficient (Wildman–Crippen LogP) is 5.74. The van der Waals surface area contributed by atoms with Crippen LogP contribution in [-0.2, 0) is 4.79 Å². The van der Waals surface area contributed by atoms with E-state index in [0.29, 0.717) is 16.3 Å². The summed E-state index contributed by atoms with van der Waals surface area (Å²) in [6.45, 7) is 1.81. The number of hydrogen-bond acceptors (Lipinski definition) is 4. The van der Waals surface area contributed by atoms with Gasteiger partial charge in [0.2, 0.25) is 5.91 Å². The van der Waals surface area contributed by atoms with Crippen LogP contribution in [0.25, 0.3) is 16.6 Å². The molecule has 39 heavy (non-hydrogen) atoms. The molecule has 2 aromatic heterocycles. The third-order valence-electron chi connectivity index (χ3n) is 7.13. The molecule has 194 valence electrons. The van der Waals surface area contributed by atoms with Gasteiger partial charge in [-0.1, -0.05) is 36.7 Å². The molecule has 0 bridgehead atoms. The molecule has 1 fully saturated rings. The standard InChI is InChI=1S/C30H23ClFN5O2/c1-18-27(35-29(38)19-5-4-14-33-16-19)28(24-6-2-3-7-25(24)31)36(30(18)39)23-12-13-26-20(15-23)17-34-37(26)22-10-8-21(32)9-11-22/h2-18,27-28H,1H3,(H,35,38). The van der Waals surface area contributed by atoms with Crippen molar-refractivity contribution in [1.82, 2.24) is 20.1 Å². The van der Waals surface area contributed by atoms with Crippen molar-refractivity contribution in [3.63, 3.8) is 0 Å². The van der Waals surface area contributed by atoms with Crippen LogP contribution in [0.5, 0.6) is 0 Å². The van der Waals surface area contributed by atoms with Crippen molar-refractivity contribution in [2.24, 2.45) is 5.92 Å². The maximum atomic E-state index is 13.8. The SMILES string of the molecule is CC1C(=O)N(c2ccc3c(cnn3-c3ccc(F)cc3)c2)C(c2ccccc2Cl)C1NC(=O)c1cccnc1. The number of carbonyl (C=O) groups is 2. The maximum Gasteiger partial charge on any atom is 0.253 e. The van der Waals surface area contributed by atoms with Crippen molar-refractivity contribution in [3.05, 3.63) is 119 Å². The van der Waals surface area contributed by atoms with Crippen molar-refractivity contribution < 1.29 is 14.0 Å². The van der Waals surface area contributed by atoms with Crippen LogP contribution in [0.3, 0.4) is 0 Å². The van der Waals surface area contributed by atoms with Gasteiger partial charge in [0.1, 0.15) is 5.82 Å². The molecule has 3 atom stereocenters. The fourth-order valence-corrected chi connectivity index (χ4v) is 5.42. The minimum absolute atomic E-state index is 0.137. The molecule has 0 spiro atoms. The first-order valence-electron chi connectivity index (χ1n) is 12.4. The normalized spacial score (nSPS) is 19.0. The minimum Gasteiger partial charge on any atom is -0.346 e. The van der Waals surface area contributed by atoms with Gasteiger partial charge in [-0.25, -0.2) is 9.07 Å². The number of nitrogens with zero attached hydrogens (tertiary/aromatic N) is 4. The molecule has 0 aliphatic carbocycles. The lowest BCUT2D eigenvalue weighted by Crippen LogP contribution is -2.42. The lowest BCUT2D eigenvalue weighted by molar-refractivity contribution is -0.120. The summed E-state index contributed by atoms with van der Waals surface area (Å²) in [5, 5.41) is 8.86. The Bertz CT molecular complexity index is 1690. The number of benzene rings is 3. The van der Waals surface area contributed by atoms with E-state index in [0.717, 1.165) is 22.2 Å². The number of fused-ring (bicyclic) bond motifs is 1. The molecular weight excluding hydrogens is 517 g/mol. The minimum atomic E-state index is -0.553. The van der Waals surface area contributed by atoms with Crippen molar-refractivity contribution in [2.45, 2.75) is 19.0 Å². The van der Waals surface area contributed by atoms with Crippen molar-refractivity contribution >= 4 is 40.0 Å². The summed E-state index contributed by atoms with van der Waals surface area (Å²) in [6.07, 6.45) is 4.80. The number of amides is 2. The van der Waals surface area contributed by atoms with Gasteiger partial charge in [0.05, 0.1) is 41.0 Å². The van der Waals surface area contributed by atoms with Crippen LogP contribution in [0.4, 0.5) is 10.1 Å². The third-order valence-corrected chi connectivity index (χ3v) is 7.47. The number of anilines is 1. The summed E-state index contributed by atoms with van der Waals surface area (Å²) >= 11 is 6.65. The highest BCUT2D eigenvalue weighted by molar-refractivity contribution is 6.31. The first-order valence-corrected chi connectivity index (χ1v) is 12.8. The predicted molar refractivity (Wildman–Crippen MR) is 147 cm³/mol. The molecule has 3 heterocycles. The molecule has 1 N–H and O–H groups in total. The van der Waals surface area contributed by atoms with Crippen molar-refractivity contribution in [3.8, 4) is 5.69 Å². The third kappa shape index (κ3) is 4.42. The second-order valence-corrected chi connectivity index (χ2v) is 9.89. The zero-order valence-electron chi connectivity index (χ0n) is 20.8. The maximum absolute atomic E-state index is 13.8. The zero-order valence-corrected chi connectivity index (χ0v) is 21.6. The molecule has 1 aliphatic heterocycles. The number of halogens is 2. The van der Waals surface area contributed by atoms with E-state index in [2.05, 4.69) is 15.4 Å². The summed E-state index contributed by atoms with van der Waals surface area (Å²) in [7, 11) is 0. The largest absolute Gasteiger partial charge is 0.346 e. The quantitative estimate of drug-likeness (QED) is 0.309. The van der Waals surface area contributed by atoms with Gasteiger partial charge >= 0.3 is 0 Å². The number of hydrogen-bond donors (Lipinski definition) is 1. The Morgan fingerprint density at radius 2 is 1.74 bits per heavy atom. The summed E-state index contributed by atoms with van der Waals surface area (Å²) in [5.74, 6) is -1.30. The number of carbonyl (C=O) groups excluding carboxylic acids is 2. The smallest absolute Gasteiger partial charge is 0.253 e. The van der Waals surface area contributed by atoms with Gasteiger partial charge in [0, 0.05) is 28.5 Å². The van der Waals surface area contributed by atoms with Gasteiger partial charge in [-0.05, 0) is 66.2 Å². The number of nitrogens with one attached hydrogen (secondary N) is 1. The monoisotopic (exact) mass is 539 g/mol. The lowest BCUT2D eigenvalue weighted by Gasteiger charge is -2.30. The molecule has 9 heteroatoms. The highest BCUT2D eigenvalue weighted by Gasteiger charge is 2.48. The first-order chi connectivity index (χ1) is 18.9. The van der Waals surface area contributed by atoms with Crippen LogP contribution in [0, 0.1) is 11.7 Å². The Morgan fingerprint density at radius 1 is 0.974 bits per heavy atom. The van der Waals surface area contributed by atoms with E-state index in [1.165, 1.54) is 18.3 Å². The van der Waals surface area contributed by atoms with E-state index in [1.54, 1.807) is 52.3 Å². The van der Waals surface area contributed by atoms with E-state index >= 15 is 0 Å². The molecule has 5 aromatic rings.